The Bertz CT molecular complexity index is 859. The molecule has 1 saturated carbocycles. The molecule has 2 fully saturated rings. The monoisotopic (exact) mass is 457 g/mol. The Morgan fingerprint density at radius 1 is 1.03 bits per heavy atom. The lowest BCUT2D eigenvalue weighted by molar-refractivity contribution is -0.0658. The standard InChI is InChI=1S/C22H32FNO6S/c1-15(2)28-22(25)24-12-10-18(11-13-24)29-16-4-6-17(7-5-16)30-21-9-8-19(14-20(21)23)31(3,26)27/h8-9,14-18H,4-7,10-13H2,1-3H3. The van der Waals surface area contributed by atoms with Gasteiger partial charge in [0.05, 0.1) is 29.3 Å². The zero-order valence-electron chi connectivity index (χ0n) is 18.4. The number of halogens is 1. The molecule has 31 heavy (non-hydrogen) atoms. The van der Waals surface area contributed by atoms with Crippen LogP contribution in [0.3, 0.4) is 0 Å². The van der Waals surface area contributed by atoms with Gasteiger partial charge in [-0.2, -0.15) is 0 Å². The van der Waals surface area contributed by atoms with E-state index >= 15 is 0 Å². The van der Waals surface area contributed by atoms with Crippen molar-refractivity contribution in [3.63, 3.8) is 0 Å². The summed E-state index contributed by atoms with van der Waals surface area (Å²) >= 11 is 0. The van der Waals surface area contributed by atoms with Crippen molar-refractivity contribution in [2.75, 3.05) is 19.3 Å². The normalized spacial score (nSPS) is 23.1. The van der Waals surface area contributed by atoms with E-state index in [0.29, 0.717) is 13.1 Å². The minimum Gasteiger partial charge on any atom is -0.487 e. The molecule has 3 rings (SSSR count). The van der Waals surface area contributed by atoms with Gasteiger partial charge in [-0.3, -0.25) is 0 Å². The summed E-state index contributed by atoms with van der Waals surface area (Å²) in [5, 5.41) is 0. The highest BCUT2D eigenvalue weighted by atomic mass is 32.2. The van der Waals surface area contributed by atoms with Crippen LogP contribution in [0.5, 0.6) is 5.75 Å². The lowest BCUT2D eigenvalue weighted by Gasteiger charge is -2.36. The number of carbonyl (C=O) groups is 1. The number of likely N-dealkylation sites (tertiary alicyclic amines) is 1. The predicted octanol–water partition coefficient (Wildman–Crippen LogP) is 3.95. The second-order valence-electron chi connectivity index (χ2n) is 8.64. The summed E-state index contributed by atoms with van der Waals surface area (Å²) in [5.41, 5.74) is 0. The number of hydrogen-bond acceptors (Lipinski definition) is 6. The van der Waals surface area contributed by atoms with Crippen LogP contribution in [0, 0.1) is 5.82 Å². The van der Waals surface area contributed by atoms with Crippen molar-refractivity contribution in [3.05, 3.63) is 24.0 Å². The van der Waals surface area contributed by atoms with Gasteiger partial charge in [-0.05, 0) is 70.6 Å². The first-order valence-electron chi connectivity index (χ1n) is 10.9. The van der Waals surface area contributed by atoms with Gasteiger partial charge in [-0.25, -0.2) is 17.6 Å². The van der Waals surface area contributed by atoms with Gasteiger partial charge in [0.25, 0.3) is 0 Å². The van der Waals surface area contributed by atoms with E-state index in [2.05, 4.69) is 0 Å². The molecule has 1 aromatic carbocycles. The number of piperidine rings is 1. The van der Waals surface area contributed by atoms with Gasteiger partial charge in [0.1, 0.15) is 0 Å². The number of sulfone groups is 1. The fraction of sp³-hybridized carbons (Fsp3) is 0.682. The zero-order chi connectivity index (χ0) is 22.6. The van der Waals surface area contributed by atoms with Crippen LogP contribution in [-0.2, 0) is 19.3 Å². The maximum atomic E-state index is 14.2. The quantitative estimate of drug-likeness (QED) is 0.643. The van der Waals surface area contributed by atoms with Crippen LogP contribution < -0.4 is 4.74 Å². The summed E-state index contributed by atoms with van der Waals surface area (Å²) in [4.78, 5) is 13.6. The Morgan fingerprint density at radius 3 is 2.16 bits per heavy atom. The number of ether oxygens (including phenoxy) is 3. The molecule has 1 saturated heterocycles. The molecule has 0 atom stereocenters. The summed E-state index contributed by atoms with van der Waals surface area (Å²) in [6.07, 6.45) is 5.54. The largest absolute Gasteiger partial charge is 0.487 e. The van der Waals surface area contributed by atoms with E-state index in [4.69, 9.17) is 14.2 Å². The molecule has 174 valence electrons. The van der Waals surface area contributed by atoms with E-state index in [9.17, 15) is 17.6 Å². The Balaban J connectivity index is 1.41. The van der Waals surface area contributed by atoms with Crippen LogP contribution in [0.2, 0.25) is 0 Å². The van der Waals surface area contributed by atoms with Gasteiger partial charge < -0.3 is 19.1 Å². The molecule has 0 bridgehead atoms. The summed E-state index contributed by atoms with van der Waals surface area (Å²) in [7, 11) is -3.45. The van der Waals surface area contributed by atoms with Crippen LogP contribution >= 0.6 is 0 Å². The van der Waals surface area contributed by atoms with Crippen molar-refractivity contribution in [2.45, 2.75) is 81.7 Å². The molecule has 1 aromatic rings. The number of carbonyl (C=O) groups excluding carboxylic acids is 1. The van der Waals surface area contributed by atoms with E-state index in [0.717, 1.165) is 50.8 Å². The minimum absolute atomic E-state index is 0.0574. The number of rotatable bonds is 6. The molecule has 0 radical (unpaired) electrons. The average Bonchev–Trinajstić information content (AvgIpc) is 2.70. The fourth-order valence-electron chi connectivity index (χ4n) is 4.00. The Kier molecular flexibility index (Phi) is 7.80. The average molecular weight is 458 g/mol. The first kappa shape index (κ1) is 23.8. The second kappa shape index (κ2) is 10.2. The van der Waals surface area contributed by atoms with Crippen molar-refractivity contribution in [3.8, 4) is 5.75 Å². The summed E-state index contributed by atoms with van der Waals surface area (Å²) in [6, 6.07) is 3.75. The molecule has 1 amide bonds. The highest BCUT2D eigenvalue weighted by Gasteiger charge is 2.29. The Hall–Kier alpha value is -1.87. The highest BCUT2D eigenvalue weighted by molar-refractivity contribution is 7.90. The third-order valence-corrected chi connectivity index (χ3v) is 6.78. The Morgan fingerprint density at radius 2 is 1.61 bits per heavy atom. The fourth-order valence-corrected chi connectivity index (χ4v) is 4.63. The van der Waals surface area contributed by atoms with E-state index in [1.807, 2.05) is 13.8 Å². The van der Waals surface area contributed by atoms with Gasteiger partial charge in [0.15, 0.2) is 21.4 Å². The number of benzene rings is 1. The van der Waals surface area contributed by atoms with Crippen LogP contribution in [-0.4, -0.2) is 63.2 Å². The molecular weight excluding hydrogens is 425 g/mol. The van der Waals surface area contributed by atoms with Gasteiger partial charge in [0.2, 0.25) is 0 Å². The van der Waals surface area contributed by atoms with Crippen molar-refractivity contribution in [1.29, 1.82) is 0 Å². The molecule has 1 aliphatic carbocycles. The molecule has 0 spiro atoms. The maximum absolute atomic E-state index is 14.2. The van der Waals surface area contributed by atoms with Gasteiger partial charge in [-0.1, -0.05) is 0 Å². The molecular formula is C22H32FNO6S. The van der Waals surface area contributed by atoms with Crippen LogP contribution in [0.1, 0.15) is 52.4 Å². The minimum atomic E-state index is -3.45. The van der Waals surface area contributed by atoms with E-state index < -0.39 is 15.7 Å². The van der Waals surface area contributed by atoms with Crippen molar-refractivity contribution < 1.29 is 31.8 Å². The van der Waals surface area contributed by atoms with Crippen LogP contribution in [0.25, 0.3) is 0 Å². The molecule has 0 unspecified atom stereocenters. The highest BCUT2D eigenvalue weighted by Crippen LogP contribution is 2.30. The van der Waals surface area contributed by atoms with Gasteiger partial charge >= 0.3 is 6.09 Å². The lowest BCUT2D eigenvalue weighted by Crippen LogP contribution is -2.43. The molecule has 1 aliphatic heterocycles. The van der Waals surface area contributed by atoms with E-state index in [-0.39, 0.29) is 41.2 Å². The lowest BCUT2D eigenvalue weighted by atomic mass is 9.94. The summed E-state index contributed by atoms with van der Waals surface area (Å²) in [6.45, 7) is 4.95. The van der Waals surface area contributed by atoms with E-state index in [1.54, 1.807) is 4.90 Å². The van der Waals surface area contributed by atoms with Crippen LogP contribution in [0.15, 0.2) is 23.1 Å². The van der Waals surface area contributed by atoms with Gasteiger partial charge in [-0.15, -0.1) is 0 Å². The van der Waals surface area contributed by atoms with E-state index in [1.165, 1.54) is 12.1 Å². The number of nitrogens with zero attached hydrogens (tertiary/aromatic N) is 1. The van der Waals surface area contributed by atoms with Crippen molar-refractivity contribution >= 4 is 15.9 Å². The topological polar surface area (TPSA) is 82.1 Å². The molecule has 2 aliphatic rings. The molecule has 0 aromatic heterocycles. The Labute approximate surface area is 183 Å². The molecule has 1 heterocycles. The molecule has 7 nitrogen and oxygen atoms in total. The first-order valence-corrected chi connectivity index (χ1v) is 12.8. The maximum Gasteiger partial charge on any atom is 0.410 e. The summed E-state index contributed by atoms with van der Waals surface area (Å²) < 4.78 is 54.6. The first-order chi connectivity index (χ1) is 14.6. The molecule has 0 N–H and O–H groups in total. The third-order valence-electron chi connectivity index (χ3n) is 5.67. The summed E-state index contributed by atoms with van der Waals surface area (Å²) in [5.74, 6) is -0.582. The predicted molar refractivity (Wildman–Crippen MR) is 113 cm³/mol. The molecule has 9 heteroatoms. The van der Waals surface area contributed by atoms with Crippen LogP contribution in [0.4, 0.5) is 9.18 Å². The van der Waals surface area contributed by atoms with Gasteiger partial charge in [0, 0.05) is 19.3 Å². The van der Waals surface area contributed by atoms with Crippen molar-refractivity contribution in [1.82, 2.24) is 4.90 Å². The second-order valence-corrected chi connectivity index (χ2v) is 10.7. The SMILES string of the molecule is CC(C)OC(=O)N1CCC(OC2CCC(Oc3ccc(S(C)(=O)=O)cc3F)CC2)CC1. The zero-order valence-corrected chi connectivity index (χ0v) is 19.2. The smallest absolute Gasteiger partial charge is 0.410 e. The third kappa shape index (κ3) is 6.80. The number of amides is 1. The van der Waals surface area contributed by atoms with Crippen molar-refractivity contribution in [2.24, 2.45) is 0 Å². The number of hydrogen-bond donors (Lipinski definition) is 0.